The summed E-state index contributed by atoms with van der Waals surface area (Å²) < 4.78 is 0. The maximum atomic E-state index is 0. The second-order valence-corrected chi connectivity index (χ2v) is 0. The van der Waals surface area contributed by atoms with Gasteiger partial charge in [-0.25, -0.2) is 0 Å². The van der Waals surface area contributed by atoms with Crippen LogP contribution in [0.15, 0.2) is 0 Å². The minimum absolute atomic E-state index is 0. The summed E-state index contributed by atoms with van der Waals surface area (Å²) in [5, 5.41) is 0. The van der Waals surface area contributed by atoms with Crippen molar-refractivity contribution in [2.24, 2.45) is 0 Å². The van der Waals surface area contributed by atoms with Crippen molar-refractivity contribution in [2.75, 3.05) is 0 Å². The van der Waals surface area contributed by atoms with Gasteiger partial charge in [0.1, 0.15) is 0 Å². The van der Waals surface area contributed by atoms with E-state index in [-0.39, 0.29) is 80.1 Å². The van der Waals surface area contributed by atoms with Gasteiger partial charge in [0.05, 0.1) is 8.41 Å². The number of rotatable bonds is 0. The molecule has 0 aliphatic heterocycles. The molecule has 2 N–H and O–H groups in total. The first-order valence-corrected chi connectivity index (χ1v) is 0. The molecule has 0 aliphatic rings. The average Bonchev–Trinajstić information content (AvgIpc) is 0. The average molecular weight is 201 g/mol. The van der Waals surface area contributed by atoms with Crippen LogP contribution in [0.1, 0.15) is 0 Å². The van der Waals surface area contributed by atoms with Gasteiger partial charge in [-0.2, -0.15) is 0 Å². The van der Waals surface area contributed by atoms with E-state index in [0.717, 1.165) is 0 Å². The Kier molecular flexibility index (Phi) is 172. The molecule has 0 aromatic rings. The second kappa shape index (κ2) is 19.3. The normalized spacial score (nSPS) is 0. The Morgan fingerprint density at radius 3 is 1.00 bits per heavy atom. The van der Waals surface area contributed by atoms with Crippen LogP contribution in [0.25, 0.3) is 0 Å². The molecule has 0 atom stereocenters. The van der Waals surface area contributed by atoms with Crippen LogP contribution < -0.4 is 0 Å². The monoisotopic (exact) mass is 202 g/mol. The first-order valence-electron chi connectivity index (χ1n) is 0. The first-order chi connectivity index (χ1) is 0. The van der Waals surface area contributed by atoms with Crippen LogP contribution in [-0.4, -0.2) is 80.1 Å². The van der Waals surface area contributed by atoms with Crippen molar-refractivity contribution in [1.82, 2.24) is 0 Å². The molecule has 0 saturated carbocycles. The van der Waals surface area contributed by atoms with E-state index in [1.165, 1.54) is 0 Å². The molecule has 4 heteroatoms. The fourth-order valence-electron chi connectivity index (χ4n) is 0. The SMILES string of the molecule is B.O.[AlH3].[BaH2]. The van der Waals surface area contributed by atoms with Gasteiger partial charge in [0, 0.05) is 0 Å². The van der Waals surface area contributed by atoms with Crippen molar-refractivity contribution in [2.45, 2.75) is 0 Å². The quantitative estimate of drug-likeness (QED) is 0.357. The summed E-state index contributed by atoms with van der Waals surface area (Å²) in [6, 6.07) is 0. The number of hydrogen-bond donors (Lipinski definition) is 0. The fourth-order valence-corrected chi connectivity index (χ4v) is 0. The first kappa shape index (κ1) is 35.6. The van der Waals surface area contributed by atoms with Gasteiger partial charge in [-0.3, -0.25) is 0 Å². The Bertz CT molecular complexity index is 8.00. The summed E-state index contributed by atoms with van der Waals surface area (Å²) in [7, 11) is 0. The van der Waals surface area contributed by atoms with Gasteiger partial charge in [-0.1, -0.05) is 0 Å². The van der Waals surface area contributed by atoms with E-state index in [1.807, 2.05) is 0 Å². The predicted octanol–water partition coefficient (Wildman–Crippen LogP) is -4.11. The van der Waals surface area contributed by atoms with Crippen molar-refractivity contribution in [3.63, 3.8) is 0 Å². The minimum atomic E-state index is 0. The molecule has 0 spiro atoms. The van der Waals surface area contributed by atoms with E-state index in [9.17, 15) is 0 Å². The summed E-state index contributed by atoms with van der Waals surface area (Å²) in [6.07, 6.45) is 0. The topological polar surface area (TPSA) is 31.5 Å². The van der Waals surface area contributed by atoms with Crippen LogP contribution in [0.5, 0.6) is 0 Å². The Morgan fingerprint density at radius 2 is 1.00 bits per heavy atom. The van der Waals surface area contributed by atoms with Gasteiger partial charge in [0.15, 0.2) is 17.4 Å². The Balaban J connectivity index is 0. The fraction of sp³-hybridized carbons (Fsp3) is 0. The summed E-state index contributed by atoms with van der Waals surface area (Å²) in [5.41, 5.74) is 0. The summed E-state index contributed by atoms with van der Waals surface area (Å²) in [6.45, 7) is 0. The molecule has 0 saturated heterocycles. The van der Waals surface area contributed by atoms with E-state index in [2.05, 4.69) is 0 Å². The van der Waals surface area contributed by atoms with Crippen molar-refractivity contribution in [3.05, 3.63) is 0 Å². The van der Waals surface area contributed by atoms with Gasteiger partial charge < -0.3 is 5.48 Å². The molecule has 0 aromatic heterocycles. The Hall–Kier alpha value is 2.13. The van der Waals surface area contributed by atoms with Crippen LogP contribution in [0, 0.1) is 0 Å². The molecule has 0 aromatic carbocycles. The van der Waals surface area contributed by atoms with Gasteiger partial charge in [-0.15, -0.1) is 0 Å². The molecular formula is H10AlBBaO. The molecule has 0 unspecified atom stereocenters. The van der Waals surface area contributed by atoms with Crippen molar-refractivity contribution in [3.8, 4) is 0 Å². The van der Waals surface area contributed by atoms with Gasteiger partial charge in [0.2, 0.25) is 0 Å². The van der Waals surface area contributed by atoms with E-state index in [1.54, 1.807) is 0 Å². The third-order valence-electron chi connectivity index (χ3n) is 0. The molecule has 0 radical (unpaired) electrons. The Labute approximate surface area is 78.6 Å². The molecule has 0 rings (SSSR count). The standard InChI is InChI=1S/Al.BH3.Ba.H2O.5H/h;1H3;;1H2;;;;;. The molecular weight excluding hydrogens is 191 g/mol. The van der Waals surface area contributed by atoms with Crippen molar-refractivity contribution in [1.29, 1.82) is 0 Å². The van der Waals surface area contributed by atoms with Crippen molar-refractivity contribution < 1.29 is 5.48 Å². The van der Waals surface area contributed by atoms with Crippen molar-refractivity contribution >= 4 is 74.7 Å². The van der Waals surface area contributed by atoms with E-state index >= 15 is 0 Å². The third kappa shape index (κ3) is 8.92. The van der Waals surface area contributed by atoms with Gasteiger partial charge in [-0.05, 0) is 0 Å². The van der Waals surface area contributed by atoms with E-state index in [0.29, 0.717) is 0 Å². The Morgan fingerprint density at radius 1 is 1.00 bits per heavy atom. The molecule has 0 heterocycles. The maximum absolute atomic E-state index is 0. The zero-order valence-corrected chi connectivity index (χ0v) is 0.500. The molecule has 0 bridgehead atoms. The molecule has 1 nitrogen and oxygen atoms in total. The summed E-state index contributed by atoms with van der Waals surface area (Å²) >= 11 is 0. The molecule has 0 aliphatic carbocycles. The van der Waals surface area contributed by atoms with Gasteiger partial charge in [0.25, 0.3) is 0 Å². The zero-order valence-electron chi connectivity index (χ0n) is 0.500. The molecule has 4 heavy (non-hydrogen) atoms. The second-order valence-electron chi connectivity index (χ2n) is 0. The van der Waals surface area contributed by atoms with Crippen LogP contribution >= 0.6 is 0 Å². The van der Waals surface area contributed by atoms with Crippen LogP contribution in [0.3, 0.4) is 0 Å². The van der Waals surface area contributed by atoms with Crippen LogP contribution in [0.4, 0.5) is 0 Å². The third-order valence-corrected chi connectivity index (χ3v) is 0. The van der Waals surface area contributed by atoms with Crippen LogP contribution in [0.2, 0.25) is 0 Å². The van der Waals surface area contributed by atoms with Gasteiger partial charge >= 0.3 is 48.9 Å². The molecule has 0 fully saturated rings. The van der Waals surface area contributed by atoms with Crippen LogP contribution in [-0.2, 0) is 0 Å². The predicted molar refractivity (Wildman–Crippen MR) is 32.0 cm³/mol. The summed E-state index contributed by atoms with van der Waals surface area (Å²) in [5.74, 6) is 0. The zero-order chi connectivity index (χ0) is 0. The van der Waals surface area contributed by atoms with E-state index < -0.39 is 0 Å². The number of hydrogen-bond acceptors (Lipinski definition) is 0. The summed E-state index contributed by atoms with van der Waals surface area (Å²) in [4.78, 5) is 0. The molecule has 0 amide bonds. The molecule has 24 valence electrons. The van der Waals surface area contributed by atoms with E-state index in [4.69, 9.17) is 0 Å².